The van der Waals surface area contributed by atoms with Crippen LogP contribution in [0.3, 0.4) is 0 Å². The van der Waals surface area contributed by atoms with E-state index < -0.39 is 0 Å². The van der Waals surface area contributed by atoms with Gasteiger partial charge in [0.1, 0.15) is 0 Å². The van der Waals surface area contributed by atoms with Gasteiger partial charge in [0.25, 0.3) is 0 Å². The van der Waals surface area contributed by atoms with Gasteiger partial charge in [-0.3, -0.25) is 4.90 Å². The molecule has 1 aromatic carbocycles. The van der Waals surface area contributed by atoms with Crippen molar-refractivity contribution in [1.29, 1.82) is 0 Å². The van der Waals surface area contributed by atoms with Crippen molar-refractivity contribution in [2.24, 2.45) is 0 Å². The van der Waals surface area contributed by atoms with Gasteiger partial charge < -0.3 is 5.32 Å². The van der Waals surface area contributed by atoms with Crippen molar-refractivity contribution in [3.8, 4) is 0 Å². The number of anilines is 1. The minimum absolute atomic E-state index is 0.670. The summed E-state index contributed by atoms with van der Waals surface area (Å²) >= 11 is 2.08. The molecule has 2 aliphatic heterocycles. The smallest absolute Gasteiger partial charge is 0.0352 e. The number of hydrogen-bond acceptors (Lipinski definition) is 3. The van der Waals surface area contributed by atoms with Crippen molar-refractivity contribution < 1.29 is 0 Å². The molecule has 0 bridgehead atoms. The summed E-state index contributed by atoms with van der Waals surface area (Å²) in [7, 11) is 0. The maximum Gasteiger partial charge on any atom is 0.0352 e. The third-order valence-electron chi connectivity index (χ3n) is 4.09. The van der Waals surface area contributed by atoms with E-state index in [0.717, 1.165) is 6.54 Å². The second kappa shape index (κ2) is 6.67. The van der Waals surface area contributed by atoms with Gasteiger partial charge in [0.05, 0.1) is 0 Å². The van der Waals surface area contributed by atoms with Crippen LogP contribution in [0, 0.1) is 0 Å². The van der Waals surface area contributed by atoms with Gasteiger partial charge in [0.15, 0.2) is 0 Å². The molecule has 0 saturated carbocycles. The van der Waals surface area contributed by atoms with E-state index in [0.29, 0.717) is 6.04 Å². The van der Waals surface area contributed by atoms with E-state index in [1.807, 2.05) is 0 Å². The summed E-state index contributed by atoms with van der Waals surface area (Å²) < 4.78 is 0. The monoisotopic (exact) mass is 276 g/mol. The van der Waals surface area contributed by atoms with Gasteiger partial charge in [0, 0.05) is 24.0 Å². The summed E-state index contributed by atoms with van der Waals surface area (Å²) in [6, 6.07) is 9.76. The van der Waals surface area contributed by atoms with Crippen LogP contribution in [-0.2, 0) is 6.54 Å². The van der Waals surface area contributed by atoms with Crippen molar-refractivity contribution in [3.05, 3.63) is 29.8 Å². The lowest BCUT2D eigenvalue weighted by atomic mass is 10.1. The standard InChI is InChI=1S/C16H24N2S/c1-2-10-18(9-1)12-14-5-7-15(8-6-14)17-16-4-3-11-19-13-16/h5-8,16-17H,1-4,9-13H2. The summed E-state index contributed by atoms with van der Waals surface area (Å²) in [5, 5.41) is 3.67. The van der Waals surface area contributed by atoms with Gasteiger partial charge in [-0.2, -0.15) is 11.8 Å². The third kappa shape index (κ3) is 3.90. The summed E-state index contributed by atoms with van der Waals surface area (Å²) in [5.74, 6) is 2.60. The Morgan fingerprint density at radius 2 is 1.89 bits per heavy atom. The Morgan fingerprint density at radius 1 is 1.11 bits per heavy atom. The van der Waals surface area contributed by atoms with Crippen LogP contribution in [0.15, 0.2) is 24.3 Å². The first-order valence-corrected chi connectivity index (χ1v) is 8.71. The quantitative estimate of drug-likeness (QED) is 0.905. The van der Waals surface area contributed by atoms with E-state index in [9.17, 15) is 0 Å². The Hall–Kier alpha value is -0.670. The van der Waals surface area contributed by atoms with Crippen LogP contribution in [0.4, 0.5) is 5.69 Å². The first-order valence-electron chi connectivity index (χ1n) is 7.56. The first-order chi connectivity index (χ1) is 9.40. The molecule has 0 spiro atoms. The van der Waals surface area contributed by atoms with Gasteiger partial charge >= 0.3 is 0 Å². The normalized spacial score (nSPS) is 24.5. The number of rotatable bonds is 4. The molecule has 0 radical (unpaired) electrons. The maximum absolute atomic E-state index is 3.67. The number of thioether (sulfide) groups is 1. The van der Waals surface area contributed by atoms with Crippen molar-refractivity contribution in [1.82, 2.24) is 4.90 Å². The van der Waals surface area contributed by atoms with Gasteiger partial charge in [-0.15, -0.1) is 0 Å². The van der Waals surface area contributed by atoms with Crippen LogP contribution in [0.25, 0.3) is 0 Å². The summed E-state index contributed by atoms with van der Waals surface area (Å²) in [6.45, 7) is 3.68. The Balaban J connectivity index is 1.52. The molecule has 1 unspecified atom stereocenters. The highest BCUT2D eigenvalue weighted by Gasteiger charge is 2.14. The van der Waals surface area contributed by atoms with Crippen molar-refractivity contribution in [3.63, 3.8) is 0 Å². The fourth-order valence-electron chi connectivity index (χ4n) is 3.00. The molecule has 0 aromatic heterocycles. The lowest BCUT2D eigenvalue weighted by molar-refractivity contribution is 0.331. The Morgan fingerprint density at radius 3 is 2.58 bits per heavy atom. The first kappa shape index (κ1) is 13.3. The highest BCUT2D eigenvalue weighted by molar-refractivity contribution is 7.99. The van der Waals surface area contributed by atoms with Crippen molar-refractivity contribution in [2.75, 3.05) is 29.9 Å². The summed E-state index contributed by atoms with van der Waals surface area (Å²) in [6.07, 6.45) is 5.43. The summed E-state index contributed by atoms with van der Waals surface area (Å²) in [5.41, 5.74) is 2.74. The molecule has 0 aliphatic carbocycles. The van der Waals surface area contributed by atoms with Gasteiger partial charge in [-0.25, -0.2) is 0 Å². The molecule has 2 saturated heterocycles. The average molecular weight is 276 g/mol. The maximum atomic E-state index is 3.67. The molecule has 0 amide bonds. The minimum atomic E-state index is 0.670. The Kier molecular flexibility index (Phi) is 4.67. The molecule has 3 rings (SSSR count). The molecule has 1 aromatic rings. The van der Waals surface area contributed by atoms with Crippen LogP contribution in [0.5, 0.6) is 0 Å². The molecule has 1 N–H and O–H groups in total. The zero-order valence-electron chi connectivity index (χ0n) is 11.6. The van der Waals surface area contributed by atoms with E-state index in [-0.39, 0.29) is 0 Å². The molecular formula is C16H24N2S. The SMILES string of the molecule is c1cc(NC2CCCSC2)ccc1CN1CCCC1. The molecule has 2 fully saturated rings. The van der Waals surface area contributed by atoms with E-state index >= 15 is 0 Å². The fourth-order valence-corrected chi connectivity index (χ4v) is 4.07. The Labute approximate surface area is 121 Å². The molecule has 1 atom stereocenters. The topological polar surface area (TPSA) is 15.3 Å². The molecule has 2 nitrogen and oxygen atoms in total. The third-order valence-corrected chi connectivity index (χ3v) is 5.31. The molecule has 104 valence electrons. The highest BCUT2D eigenvalue weighted by Crippen LogP contribution is 2.21. The second-order valence-electron chi connectivity index (χ2n) is 5.74. The van der Waals surface area contributed by atoms with E-state index in [1.54, 1.807) is 0 Å². The zero-order chi connectivity index (χ0) is 12.9. The van der Waals surface area contributed by atoms with Gasteiger partial charge in [-0.05, 0) is 62.2 Å². The zero-order valence-corrected chi connectivity index (χ0v) is 12.4. The minimum Gasteiger partial charge on any atom is -0.381 e. The number of nitrogens with one attached hydrogen (secondary N) is 1. The molecule has 3 heteroatoms. The molecular weight excluding hydrogens is 252 g/mol. The van der Waals surface area contributed by atoms with Crippen molar-refractivity contribution >= 4 is 17.4 Å². The van der Waals surface area contributed by atoms with Crippen LogP contribution >= 0.6 is 11.8 Å². The van der Waals surface area contributed by atoms with Crippen LogP contribution < -0.4 is 5.32 Å². The van der Waals surface area contributed by atoms with E-state index in [4.69, 9.17) is 0 Å². The van der Waals surface area contributed by atoms with Crippen LogP contribution in [0.1, 0.15) is 31.2 Å². The lowest BCUT2D eigenvalue weighted by Gasteiger charge is -2.23. The number of hydrogen-bond donors (Lipinski definition) is 1. The fraction of sp³-hybridized carbons (Fsp3) is 0.625. The predicted octanol–water partition coefficient (Wildman–Crippen LogP) is 3.59. The highest BCUT2D eigenvalue weighted by atomic mass is 32.2. The summed E-state index contributed by atoms with van der Waals surface area (Å²) in [4.78, 5) is 2.56. The molecule has 2 aliphatic rings. The van der Waals surface area contributed by atoms with Gasteiger partial charge in [-0.1, -0.05) is 12.1 Å². The van der Waals surface area contributed by atoms with Gasteiger partial charge in [0.2, 0.25) is 0 Å². The Bertz CT molecular complexity index is 378. The van der Waals surface area contributed by atoms with Crippen LogP contribution in [0.2, 0.25) is 0 Å². The number of nitrogens with zero attached hydrogens (tertiary/aromatic N) is 1. The van der Waals surface area contributed by atoms with Crippen LogP contribution in [-0.4, -0.2) is 35.5 Å². The predicted molar refractivity (Wildman–Crippen MR) is 84.9 cm³/mol. The molecule has 19 heavy (non-hydrogen) atoms. The molecule has 2 heterocycles. The average Bonchev–Trinajstić information content (AvgIpc) is 2.95. The largest absolute Gasteiger partial charge is 0.381 e. The lowest BCUT2D eigenvalue weighted by Crippen LogP contribution is -2.25. The van der Waals surface area contributed by atoms with E-state index in [1.165, 1.54) is 61.5 Å². The number of benzene rings is 1. The second-order valence-corrected chi connectivity index (χ2v) is 6.89. The van der Waals surface area contributed by atoms with Crippen molar-refractivity contribution in [2.45, 2.75) is 38.3 Å². The van der Waals surface area contributed by atoms with E-state index in [2.05, 4.69) is 46.2 Å². The number of likely N-dealkylation sites (tertiary alicyclic amines) is 1.